The van der Waals surface area contributed by atoms with Crippen LogP contribution < -0.4 is 20.7 Å². The van der Waals surface area contributed by atoms with Crippen molar-refractivity contribution >= 4 is 23.5 Å². The molecule has 1 aromatic rings. The van der Waals surface area contributed by atoms with E-state index in [2.05, 4.69) is 16.0 Å². The number of benzene rings is 1. The SMILES string of the molecule is COc1ccc(CC(NC(=O)C(C)NC(=O)CN2CCOCC2)C(=O)NC(C)C(=O)C2(C)CO2)cc1. The Morgan fingerprint density at radius 2 is 1.64 bits per heavy atom. The third-order valence-corrected chi connectivity index (χ3v) is 6.32. The molecule has 2 aliphatic heterocycles. The first kappa shape index (κ1) is 27.6. The van der Waals surface area contributed by atoms with Crippen LogP contribution in [0, 0.1) is 0 Å². The molecule has 0 aromatic heterocycles. The lowest BCUT2D eigenvalue weighted by Gasteiger charge is -2.27. The number of methoxy groups -OCH3 is 1. The number of hydrogen-bond donors (Lipinski definition) is 3. The summed E-state index contributed by atoms with van der Waals surface area (Å²) in [5.74, 6) is -0.856. The van der Waals surface area contributed by atoms with E-state index < -0.39 is 35.5 Å². The van der Waals surface area contributed by atoms with Gasteiger partial charge in [-0.15, -0.1) is 0 Å². The molecule has 0 bridgehead atoms. The Morgan fingerprint density at radius 3 is 2.22 bits per heavy atom. The quantitative estimate of drug-likeness (QED) is 0.322. The molecule has 2 saturated heterocycles. The van der Waals surface area contributed by atoms with E-state index in [1.807, 2.05) is 4.90 Å². The summed E-state index contributed by atoms with van der Waals surface area (Å²) in [5.41, 5.74) is -0.0857. The number of amides is 3. The third kappa shape index (κ3) is 7.74. The molecule has 3 rings (SSSR count). The number of nitrogens with one attached hydrogen (secondary N) is 3. The summed E-state index contributed by atoms with van der Waals surface area (Å²) in [5, 5.41) is 8.11. The fourth-order valence-electron chi connectivity index (χ4n) is 3.91. The van der Waals surface area contributed by atoms with Gasteiger partial charge >= 0.3 is 0 Å². The Bertz CT molecular complexity index is 942. The van der Waals surface area contributed by atoms with Gasteiger partial charge in [-0.1, -0.05) is 12.1 Å². The van der Waals surface area contributed by atoms with Crippen molar-refractivity contribution in [3.63, 3.8) is 0 Å². The van der Waals surface area contributed by atoms with Gasteiger partial charge in [0.25, 0.3) is 0 Å². The Morgan fingerprint density at radius 1 is 1.00 bits per heavy atom. The number of epoxide rings is 1. The van der Waals surface area contributed by atoms with Gasteiger partial charge in [-0.25, -0.2) is 0 Å². The smallest absolute Gasteiger partial charge is 0.243 e. The van der Waals surface area contributed by atoms with E-state index in [1.165, 1.54) is 0 Å². The summed E-state index contributed by atoms with van der Waals surface area (Å²) >= 11 is 0. The normalized spacial score (nSPS) is 22.0. The van der Waals surface area contributed by atoms with Crippen LogP contribution in [0.2, 0.25) is 0 Å². The molecular formula is C25H36N4O7. The molecule has 0 spiro atoms. The van der Waals surface area contributed by atoms with Gasteiger partial charge in [0.2, 0.25) is 17.7 Å². The molecule has 4 atom stereocenters. The van der Waals surface area contributed by atoms with Crippen molar-refractivity contribution in [1.82, 2.24) is 20.9 Å². The molecule has 4 unspecified atom stereocenters. The van der Waals surface area contributed by atoms with Crippen LogP contribution in [0.4, 0.5) is 0 Å². The van der Waals surface area contributed by atoms with Crippen molar-refractivity contribution in [3.05, 3.63) is 29.8 Å². The molecule has 2 aliphatic rings. The van der Waals surface area contributed by atoms with Crippen LogP contribution in [0.25, 0.3) is 0 Å². The van der Waals surface area contributed by atoms with Crippen molar-refractivity contribution in [2.45, 2.75) is 50.9 Å². The molecule has 198 valence electrons. The number of ketones is 1. The fraction of sp³-hybridized carbons (Fsp3) is 0.600. The number of rotatable bonds is 12. The van der Waals surface area contributed by atoms with Gasteiger partial charge in [-0.2, -0.15) is 0 Å². The van der Waals surface area contributed by atoms with E-state index in [0.29, 0.717) is 38.7 Å². The molecule has 0 radical (unpaired) electrons. The van der Waals surface area contributed by atoms with Gasteiger partial charge in [-0.3, -0.25) is 24.1 Å². The molecule has 1 aromatic carbocycles. The van der Waals surface area contributed by atoms with E-state index in [1.54, 1.807) is 52.1 Å². The van der Waals surface area contributed by atoms with E-state index >= 15 is 0 Å². The molecule has 3 amide bonds. The topological polar surface area (TPSA) is 139 Å². The Hall–Kier alpha value is -3.02. The second kappa shape index (κ2) is 12.3. The van der Waals surface area contributed by atoms with Gasteiger partial charge < -0.3 is 30.2 Å². The van der Waals surface area contributed by atoms with Crippen LogP contribution in [-0.2, 0) is 35.1 Å². The Balaban J connectivity index is 1.62. The van der Waals surface area contributed by atoms with Crippen LogP contribution in [0.15, 0.2) is 24.3 Å². The zero-order valence-electron chi connectivity index (χ0n) is 21.3. The molecule has 36 heavy (non-hydrogen) atoms. The van der Waals surface area contributed by atoms with Crippen LogP contribution in [0.5, 0.6) is 5.75 Å². The first-order valence-corrected chi connectivity index (χ1v) is 12.1. The Labute approximate surface area is 211 Å². The highest BCUT2D eigenvalue weighted by molar-refractivity contribution is 5.98. The van der Waals surface area contributed by atoms with Crippen molar-refractivity contribution in [1.29, 1.82) is 0 Å². The first-order valence-electron chi connectivity index (χ1n) is 12.1. The number of morpholine rings is 1. The lowest BCUT2D eigenvalue weighted by Crippen LogP contribution is -2.56. The zero-order valence-corrected chi connectivity index (χ0v) is 21.3. The molecule has 11 heteroatoms. The lowest BCUT2D eigenvalue weighted by atomic mass is 10.0. The second-order valence-electron chi connectivity index (χ2n) is 9.41. The van der Waals surface area contributed by atoms with E-state index in [0.717, 1.165) is 5.56 Å². The van der Waals surface area contributed by atoms with Gasteiger partial charge in [0.05, 0.1) is 39.5 Å². The van der Waals surface area contributed by atoms with E-state index in [-0.39, 0.29) is 24.7 Å². The predicted molar refractivity (Wildman–Crippen MR) is 130 cm³/mol. The Kier molecular flexibility index (Phi) is 9.41. The minimum atomic E-state index is -0.965. The van der Waals surface area contributed by atoms with E-state index in [4.69, 9.17) is 14.2 Å². The summed E-state index contributed by atoms with van der Waals surface area (Å²) in [4.78, 5) is 52.9. The monoisotopic (exact) mass is 504 g/mol. The summed E-state index contributed by atoms with van der Waals surface area (Å²) in [6, 6.07) is 4.51. The number of carbonyl (C=O) groups excluding carboxylic acids is 4. The number of Topliss-reactive ketones (excluding diaryl/α,β-unsaturated/α-hetero) is 1. The standard InChI is InChI=1S/C25H36N4O7/c1-16(22(31)25(3)15-36-25)27-24(33)20(13-18-5-7-19(34-4)8-6-18)28-23(32)17(2)26-21(30)14-29-9-11-35-12-10-29/h5-8,16-17,20H,9-15H2,1-4H3,(H,26,30)(H,27,33)(H,28,32). The highest BCUT2D eigenvalue weighted by Gasteiger charge is 2.49. The first-order chi connectivity index (χ1) is 17.1. The number of carbonyl (C=O) groups is 4. The van der Waals surface area contributed by atoms with Crippen LogP contribution in [0.1, 0.15) is 26.3 Å². The summed E-state index contributed by atoms with van der Waals surface area (Å²) in [6.45, 7) is 7.75. The summed E-state index contributed by atoms with van der Waals surface area (Å²) < 4.78 is 15.7. The van der Waals surface area contributed by atoms with Gasteiger partial charge in [0.1, 0.15) is 23.4 Å². The van der Waals surface area contributed by atoms with Crippen molar-refractivity contribution < 1.29 is 33.4 Å². The van der Waals surface area contributed by atoms with Crippen molar-refractivity contribution in [3.8, 4) is 5.75 Å². The predicted octanol–water partition coefficient (Wildman–Crippen LogP) is -0.578. The van der Waals surface area contributed by atoms with Crippen LogP contribution >= 0.6 is 0 Å². The average Bonchev–Trinajstić information content (AvgIpc) is 3.62. The van der Waals surface area contributed by atoms with Gasteiger partial charge in [0.15, 0.2) is 5.78 Å². The maximum Gasteiger partial charge on any atom is 0.243 e. The minimum Gasteiger partial charge on any atom is -0.497 e. The van der Waals surface area contributed by atoms with E-state index in [9.17, 15) is 19.2 Å². The van der Waals surface area contributed by atoms with Crippen LogP contribution in [-0.4, -0.2) is 98.7 Å². The largest absolute Gasteiger partial charge is 0.497 e. The highest BCUT2D eigenvalue weighted by atomic mass is 16.6. The third-order valence-electron chi connectivity index (χ3n) is 6.32. The fourth-order valence-corrected chi connectivity index (χ4v) is 3.91. The highest BCUT2D eigenvalue weighted by Crippen LogP contribution is 2.28. The van der Waals surface area contributed by atoms with Crippen molar-refractivity contribution in [2.24, 2.45) is 0 Å². The number of hydrogen-bond acceptors (Lipinski definition) is 8. The summed E-state index contributed by atoms with van der Waals surface area (Å²) in [6.07, 6.45) is 0.185. The molecule has 11 nitrogen and oxygen atoms in total. The van der Waals surface area contributed by atoms with Crippen molar-refractivity contribution in [2.75, 3.05) is 46.6 Å². The van der Waals surface area contributed by atoms with Gasteiger partial charge in [-0.05, 0) is 38.5 Å². The van der Waals surface area contributed by atoms with Gasteiger partial charge in [0, 0.05) is 19.5 Å². The summed E-state index contributed by atoms with van der Waals surface area (Å²) in [7, 11) is 1.56. The molecule has 3 N–H and O–H groups in total. The second-order valence-corrected chi connectivity index (χ2v) is 9.41. The molecule has 2 heterocycles. The number of nitrogens with zero attached hydrogens (tertiary/aromatic N) is 1. The van der Waals surface area contributed by atoms with Crippen LogP contribution in [0.3, 0.4) is 0 Å². The maximum absolute atomic E-state index is 13.1. The average molecular weight is 505 g/mol. The molecule has 2 fully saturated rings. The zero-order chi connectivity index (χ0) is 26.3. The molecule has 0 saturated carbocycles. The molecular weight excluding hydrogens is 468 g/mol. The molecule has 0 aliphatic carbocycles. The minimum absolute atomic E-state index is 0.164. The maximum atomic E-state index is 13.1. The lowest BCUT2D eigenvalue weighted by molar-refractivity contribution is -0.134. The number of ether oxygens (including phenoxy) is 3.